The second-order valence-electron chi connectivity index (χ2n) is 8.94. The van der Waals surface area contributed by atoms with Gasteiger partial charge >= 0.3 is 0 Å². The van der Waals surface area contributed by atoms with E-state index in [1.165, 1.54) is 11.9 Å². The molecule has 0 aliphatic carbocycles. The number of piperidine rings is 1. The van der Waals surface area contributed by atoms with Crippen molar-refractivity contribution in [3.05, 3.63) is 47.9 Å². The van der Waals surface area contributed by atoms with Crippen LogP contribution in [0.5, 0.6) is 23.1 Å². The maximum Gasteiger partial charge on any atom is 0.230 e. The number of methoxy groups -OCH3 is 1. The van der Waals surface area contributed by atoms with Crippen LogP contribution in [-0.2, 0) is 0 Å². The van der Waals surface area contributed by atoms with Gasteiger partial charge in [0.25, 0.3) is 0 Å². The van der Waals surface area contributed by atoms with Crippen LogP contribution in [0.2, 0.25) is 0 Å². The van der Waals surface area contributed by atoms with Crippen molar-refractivity contribution >= 4 is 21.8 Å². The van der Waals surface area contributed by atoms with E-state index in [-0.39, 0.29) is 0 Å². The van der Waals surface area contributed by atoms with Crippen molar-refractivity contribution in [1.82, 2.24) is 19.9 Å². The summed E-state index contributed by atoms with van der Waals surface area (Å²) in [5.41, 5.74) is 4.23. The van der Waals surface area contributed by atoms with Crippen molar-refractivity contribution < 1.29 is 14.2 Å². The molecule has 172 valence electrons. The smallest absolute Gasteiger partial charge is 0.230 e. The molecule has 4 aromatic rings. The SMILES string of the molecule is COc1cc2c(Oc3ccc4[nH]c(C)c(C)c4c3)ncnc2cc1OCC1CCN(C)CC1. The van der Waals surface area contributed by atoms with Crippen LogP contribution < -0.4 is 14.2 Å². The minimum absolute atomic E-state index is 0.490. The summed E-state index contributed by atoms with van der Waals surface area (Å²) in [5, 5.41) is 1.92. The number of rotatable bonds is 6. The third-order valence-corrected chi connectivity index (χ3v) is 6.69. The van der Waals surface area contributed by atoms with Crippen LogP contribution in [0.3, 0.4) is 0 Å². The molecule has 2 aromatic carbocycles. The Balaban J connectivity index is 1.41. The molecule has 0 amide bonds. The maximum atomic E-state index is 6.20. The highest BCUT2D eigenvalue weighted by Crippen LogP contribution is 2.37. The van der Waals surface area contributed by atoms with Crippen LogP contribution in [0.1, 0.15) is 24.1 Å². The lowest BCUT2D eigenvalue weighted by atomic mass is 9.98. The number of fused-ring (bicyclic) bond motifs is 2. The van der Waals surface area contributed by atoms with Gasteiger partial charge in [0.2, 0.25) is 5.88 Å². The van der Waals surface area contributed by atoms with E-state index in [1.807, 2.05) is 30.3 Å². The molecule has 2 aromatic heterocycles. The number of aryl methyl sites for hydroxylation is 2. The van der Waals surface area contributed by atoms with Crippen LogP contribution >= 0.6 is 0 Å². The lowest BCUT2D eigenvalue weighted by molar-refractivity contribution is 0.157. The predicted molar refractivity (Wildman–Crippen MR) is 130 cm³/mol. The van der Waals surface area contributed by atoms with Crippen molar-refractivity contribution in [1.29, 1.82) is 0 Å². The molecular formula is C26H30N4O3. The van der Waals surface area contributed by atoms with Gasteiger partial charge in [-0.05, 0) is 82.6 Å². The Labute approximate surface area is 193 Å². The third kappa shape index (κ3) is 4.33. The fraction of sp³-hybridized carbons (Fsp3) is 0.385. The monoisotopic (exact) mass is 446 g/mol. The van der Waals surface area contributed by atoms with E-state index in [4.69, 9.17) is 14.2 Å². The fourth-order valence-corrected chi connectivity index (χ4v) is 4.45. The number of likely N-dealkylation sites (tertiary alicyclic amines) is 1. The van der Waals surface area contributed by atoms with Crippen LogP contribution in [0.25, 0.3) is 21.8 Å². The Bertz CT molecular complexity index is 1290. The minimum atomic E-state index is 0.490. The van der Waals surface area contributed by atoms with E-state index in [1.54, 1.807) is 7.11 Å². The van der Waals surface area contributed by atoms with E-state index in [0.29, 0.717) is 29.9 Å². The summed E-state index contributed by atoms with van der Waals surface area (Å²) in [6.07, 6.45) is 3.82. The largest absolute Gasteiger partial charge is 0.493 e. The number of nitrogens with zero attached hydrogens (tertiary/aromatic N) is 3. The Morgan fingerprint density at radius 1 is 1.03 bits per heavy atom. The highest BCUT2D eigenvalue weighted by atomic mass is 16.5. The van der Waals surface area contributed by atoms with E-state index in [9.17, 15) is 0 Å². The number of hydrogen-bond acceptors (Lipinski definition) is 6. The summed E-state index contributed by atoms with van der Waals surface area (Å²) in [4.78, 5) is 14.6. The molecule has 0 saturated carbocycles. The summed E-state index contributed by atoms with van der Waals surface area (Å²) in [7, 11) is 3.82. The van der Waals surface area contributed by atoms with Gasteiger partial charge in [0.05, 0.1) is 24.6 Å². The summed E-state index contributed by atoms with van der Waals surface area (Å²) in [5.74, 6) is 3.13. The van der Waals surface area contributed by atoms with E-state index < -0.39 is 0 Å². The number of H-pyrrole nitrogens is 1. The minimum Gasteiger partial charge on any atom is -0.493 e. The van der Waals surface area contributed by atoms with Crippen LogP contribution in [0.4, 0.5) is 0 Å². The zero-order chi connectivity index (χ0) is 22.9. The first-order valence-electron chi connectivity index (χ1n) is 11.4. The second-order valence-corrected chi connectivity index (χ2v) is 8.94. The first-order chi connectivity index (χ1) is 16.0. The van der Waals surface area contributed by atoms with Crippen molar-refractivity contribution in [3.8, 4) is 23.1 Å². The van der Waals surface area contributed by atoms with Crippen molar-refractivity contribution in [2.24, 2.45) is 5.92 Å². The average Bonchev–Trinajstić information content (AvgIpc) is 3.11. The Morgan fingerprint density at radius 3 is 2.64 bits per heavy atom. The summed E-state index contributed by atoms with van der Waals surface area (Å²) in [6.45, 7) is 7.09. The molecule has 7 heteroatoms. The quantitative estimate of drug-likeness (QED) is 0.436. The number of ether oxygens (including phenoxy) is 3. The summed E-state index contributed by atoms with van der Waals surface area (Å²) >= 11 is 0. The van der Waals surface area contributed by atoms with Gasteiger partial charge in [0.15, 0.2) is 11.5 Å². The maximum absolute atomic E-state index is 6.20. The molecule has 0 bridgehead atoms. The topological polar surface area (TPSA) is 72.5 Å². The molecule has 33 heavy (non-hydrogen) atoms. The van der Waals surface area contributed by atoms with Crippen molar-refractivity contribution in [3.63, 3.8) is 0 Å². The van der Waals surface area contributed by atoms with Gasteiger partial charge in [0, 0.05) is 22.7 Å². The van der Waals surface area contributed by atoms with Gasteiger partial charge in [0.1, 0.15) is 12.1 Å². The van der Waals surface area contributed by atoms with E-state index >= 15 is 0 Å². The van der Waals surface area contributed by atoms with Crippen LogP contribution in [-0.4, -0.2) is 53.7 Å². The third-order valence-electron chi connectivity index (χ3n) is 6.69. The zero-order valence-corrected chi connectivity index (χ0v) is 19.6. The number of hydrogen-bond donors (Lipinski definition) is 1. The first kappa shape index (κ1) is 21.5. The molecule has 5 rings (SSSR count). The highest BCUT2D eigenvalue weighted by molar-refractivity contribution is 5.88. The van der Waals surface area contributed by atoms with Gasteiger partial charge in [-0.2, -0.15) is 0 Å². The van der Waals surface area contributed by atoms with Gasteiger partial charge in [-0.25, -0.2) is 9.97 Å². The molecule has 1 saturated heterocycles. The molecule has 7 nitrogen and oxygen atoms in total. The van der Waals surface area contributed by atoms with Crippen LogP contribution in [0.15, 0.2) is 36.7 Å². The lowest BCUT2D eigenvalue weighted by Gasteiger charge is -2.28. The predicted octanol–water partition coefficient (Wildman–Crippen LogP) is 5.25. The van der Waals surface area contributed by atoms with E-state index in [2.05, 4.69) is 40.7 Å². The van der Waals surface area contributed by atoms with E-state index in [0.717, 1.165) is 59.2 Å². The molecule has 0 unspecified atom stereocenters. The van der Waals surface area contributed by atoms with Crippen molar-refractivity contribution in [2.75, 3.05) is 33.9 Å². The molecule has 1 aliphatic heterocycles. The average molecular weight is 447 g/mol. The summed E-state index contributed by atoms with van der Waals surface area (Å²) in [6, 6.07) is 9.84. The second kappa shape index (κ2) is 8.90. The lowest BCUT2D eigenvalue weighted by Crippen LogP contribution is -2.32. The number of aromatic nitrogens is 3. The molecular weight excluding hydrogens is 416 g/mol. The zero-order valence-electron chi connectivity index (χ0n) is 19.6. The molecule has 1 aliphatic rings. The van der Waals surface area contributed by atoms with Crippen LogP contribution in [0, 0.1) is 19.8 Å². The van der Waals surface area contributed by atoms with Crippen molar-refractivity contribution in [2.45, 2.75) is 26.7 Å². The Hall–Kier alpha value is -3.32. The normalized spacial score (nSPS) is 15.3. The van der Waals surface area contributed by atoms with Gasteiger partial charge in [-0.1, -0.05) is 0 Å². The fourth-order valence-electron chi connectivity index (χ4n) is 4.45. The Kier molecular flexibility index (Phi) is 5.81. The standard InChI is InChI=1S/C26H30N4O3/c1-16-17(2)29-22-6-5-19(11-20(16)22)33-26-21-12-24(31-4)25(13-23(21)27-15-28-26)32-14-18-7-9-30(3)10-8-18/h5-6,11-13,15,18,29H,7-10,14H2,1-4H3. The molecule has 0 atom stereocenters. The number of nitrogens with one attached hydrogen (secondary N) is 1. The molecule has 1 fully saturated rings. The van der Waals surface area contributed by atoms with Gasteiger partial charge in [-0.15, -0.1) is 0 Å². The first-order valence-corrected chi connectivity index (χ1v) is 11.4. The molecule has 1 N–H and O–H groups in total. The van der Waals surface area contributed by atoms with Gasteiger partial charge in [-0.3, -0.25) is 0 Å². The molecule has 0 radical (unpaired) electrons. The summed E-state index contributed by atoms with van der Waals surface area (Å²) < 4.78 is 18.0. The molecule has 0 spiro atoms. The number of aromatic amines is 1. The highest BCUT2D eigenvalue weighted by Gasteiger charge is 2.19. The number of benzene rings is 2. The Morgan fingerprint density at radius 2 is 1.85 bits per heavy atom. The molecule has 3 heterocycles. The van der Waals surface area contributed by atoms with Gasteiger partial charge < -0.3 is 24.1 Å².